The van der Waals surface area contributed by atoms with Crippen molar-refractivity contribution in [1.29, 1.82) is 0 Å². The molecule has 1 aliphatic heterocycles. The molecule has 3 rings (SSSR count). The first kappa shape index (κ1) is 15.7. The van der Waals surface area contributed by atoms with Crippen molar-refractivity contribution in [3.8, 4) is 0 Å². The summed E-state index contributed by atoms with van der Waals surface area (Å²) in [6, 6.07) is 8.60. The number of benzene rings is 1. The van der Waals surface area contributed by atoms with E-state index < -0.39 is 0 Å². The molecule has 0 N–H and O–H groups in total. The van der Waals surface area contributed by atoms with Crippen LogP contribution in [0.5, 0.6) is 0 Å². The zero-order chi connectivity index (χ0) is 16.2. The smallest absolute Gasteiger partial charge is 0.249 e. The van der Waals surface area contributed by atoms with E-state index >= 15 is 0 Å². The summed E-state index contributed by atoms with van der Waals surface area (Å²) in [5.41, 5.74) is 2.45. The molecule has 1 aromatic carbocycles. The highest BCUT2D eigenvalue weighted by Crippen LogP contribution is 2.32. The van der Waals surface area contributed by atoms with E-state index in [1.54, 1.807) is 6.20 Å². The summed E-state index contributed by atoms with van der Waals surface area (Å²) >= 11 is 0. The van der Waals surface area contributed by atoms with Crippen LogP contribution < -0.4 is 0 Å². The van der Waals surface area contributed by atoms with Gasteiger partial charge in [0.15, 0.2) is 0 Å². The van der Waals surface area contributed by atoms with Gasteiger partial charge in [-0.25, -0.2) is 4.98 Å². The SMILES string of the molecule is Cc1cccc(C2CCCN2C(=O)COCc2nccn2C)c1. The molecule has 2 aromatic rings. The first-order chi connectivity index (χ1) is 11.1. The van der Waals surface area contributed by atoms with Gasteiger partial charge in [-0.3, -0.25) is 4.79 Å². The van der Waals surface area contributed by atoms with Gasteiger partial charge in [-0.1, -0.05) is 29.8 Å². The largest absolute Gasteiger partial charge is 0.364 e. The van der Waals surface area contributed by atoms with E-state index in [1.165, 1.54) is 11.1 Å². The summed E-state index contributed by atoms with van der Waals surface area (Å²) in [4.78, 5) is 18.6. The molecule has 1 fully saturated rings. The summed E-state index contributed by atoms with van der Waals surface area (Å²) in [5, 5.41) is 0. The van der Waals surface area contributed by atoms with Gasteiger partial charge in [-0.05, 0) is 25.3 Å². The molecule has 1 aliphatic rings. The molecule has 0 spiro atoms. The number of imidazole rings is 1. The fourth-order valence-electron chi connectivity index (χ4n) is 3.14. The molecule has 5 nitrogen and oxygen atoms in total. The average Bonchev–Trinajstić information content (AvgIpc) is 3.17. The number of nitrogens with zero attached hydrogens (tertiary/aromatic N) is 3. The van der Waals surface area contributed by atoms with E-state index in [0.717, 1.165) is 25.2 Å². The monoisotopic (exact) mass is 313 g/mol. The fourth-order valence-corrected chi connectivity index (χ4v) is 3.14. The first-order valence-electron chi connectivity index (χ1n) is 8.05. The molecule has 1 aromatic heterocycles. The lowest BCUT2D eigenvalue weighted by molar-refractivity contribution is -0.137. The van der Waals surface area contributed by atoms with Crippen molar-refractivity contribution in [2.75, 3.05) is 13.2 Å². The quantitative estimate of drug-likeness (QED) is 0.852. The van der Waals surface area contributed by atoms with Crippen LogP contribution in [0.1, 0.15) is 35.8 Å². The zero-order valence-corrected chi connectivity index (χ0v) is 13.7. The van der Waals surface area contributed by atoms with Crippen molar-refractivity contribution in [3.05, 3.63) is 53.6 Å². The number of carbonyl (C=O) groups excluding carboxylic acids is 1. The molecule has 2 heterocycles. The fraction of sp³-hybridized carbons (Fsp3) is 0.444. The van der Waals surface area contributed by atoms with Gasteiger partial charge in [0.2, 0.25) is 5.91 Å². The van der Waals surface area contributed by atoms with Crippen LogP contribution in [0.25, 0.3) is 0 Å². The molecule has 1 amide bonds. The van der Waals surface area contributed by atoms with Crippen molar-refractivity contribution in [1.82, 2.24) is 14.5 Å². The van der Waals surface area contributed by atoms with E-state index in [0.29, 0.717) is 6.61 Å². The second-order valence-electron chi connectivity index (χ2n) is 6.11. The van der Waals surface area contributed by atoms with Gasteiger partial charge < -0.3 is 14.2 Å². The third-order valence-electron chi connectivity index (χ3n) is 4.38. The van der Waals surface area contributed by atoms with Crippen molar-refractivity contribution < 1.29 is 9.53 Å². The standard InChI is InChI=1S/C18H23N3O2/c1-14-5-3-6-15(11-14)16-7-4-9-21(16)18(22)13-23-12-17-19-8-10-20(17)2/h3,5-6,8,10-11,16H,4,7,9,12-13H2,1-2H3. The van der Waals surface area contributed by atoms with Gasteiger partial charge in [-0.2, -0.15) is 0 Å². The molecule has 23 heavy (non-hydrogen) atoms. The van der Waals surface area contributed by atoms with Crippen molar-refractivity contribution in [3.63, 3.8) is 0 Å². The number of carbonyl (C=O) groups is 1. The van der Waals surface area contributed by atoms with E-state index in [4.69, 9.17) is 4.74 Å². The Bertz CT molecular complexity index is 680. The van der Waals surface area contributed by atoms with Gasteiger partial charge in [0.25, 0.3) is 0 Å². The molecular weight excluding hydrogens is 290 g/mol. The number of ether oxygens (including phenoxy) is 1. The predicted octanol–water partition coefficient (Wildman–Crippen LogP) is 2.61. The Kier molecular flexibility index (Phi) is 4.76. The molecule has 0 bridgehead atoms. The van der Waals surface area contributed by atoms with Gasteiger partial charge in [0.1, 0.15) is 19.0 Å². The topological polar surface area (TPSA) is 47.4 Å². The van der Waals surface area contributed by atoms with Gasteiger partial charge in [-0.15, -0.1) is 0 Å². The number of hydrogen-bond acceptors (Lipinski definition) is 3. The Labute approximate surface area is 136 Å². The maximum Gasteiger partial charge on any atom is 0.249 e. The Hall–Kier alpha value is -2.14. The lowest BCUT2D eigenvalue weighted by Crippen LogP contribution is -2.33. The van der Waals surface area contributed by atoms with Crippen LogP contribution in [0, 0.1) is 6.92 Å². The predicted molar refractivity (Wildman–Crippen MR) is 87.7 cm³/mol. The normalized spacial score (nSPS) is 17.7. The second kappa shape index (κ2) is 6.96. The van der Waals surface area contributed by atoms with Crippen LogP contribution in [-0.2, 0) is 23.2 Å². The van der Waals surface area contributed by atoms with Crippen molar-refractivity contribution in [2.24, 2.45) is 7.05 Å². The van der Waals surface area contributed by atoms with Crippen LogP contribution in [0.2, 0.25) is 0 Å². The molecular formula is C18H23N3O2. The molecule has 0 saturated carbocycles. The van der Waals surface area contributed by atoms with Gasteiger partial charge in [0.05, 0.1) is 6.04 Å². The van der Waals surface area contributed by atoms with Crippen LogP contribution in [-0.4, -0.2) is 33.5 Å². The molecule has 1 atom stereocenters. The summed E-state index contributed by atoms with van der Waals surface area (Å²) in [6.45, 7) is 3.36. The summed E-state index contributed by atoms with van der Waals surface area (Å²) in [7, 11) is 1.92. The minimum Gasteiger partial charge on any atom is -0.364 e. The number of aromatic nitrogens is 2. The minimum absolute atomic E-state index is 0.0585. The Morgan fingerprint density at radius 3 is 3.04 bits per heavy atom. The summed E-state index contributed by atoms with van der Waals surface area (Å²) in [6.07, 6.45) is 5.67. The maximum atomic E-state index is 12.5. The van der Waals surface area contributed by atoms with Gasteiger partial charge >= 0.3 is 0 Å². The lowest BCUT2D eigenvalue weighted by Gasteiger charge is -2.25. The third-order valence-corrected chi connectivity index (χ3v) is 4.38. The first-order valence-corrected chi connectivity index (χ1v) is 8.05. The summed E-state index contributed by atoms with van der Waals surface area (Å²) in [5.74, 6) is 0.887. The molecule has 1 unspecified atom stereocenters. The third kappa shape index (κ3) is 3.62. The summed E-state index contributed by atoms with van der Waals surface area (Å²) < 4.78 is 7.47. The van der Waals surface area contributed by atoms with Crippen LogP contribution in [0.4, 0.5) is 0 Å². The van der Waals surface area contributed by atoms with Crippen LogP contribution in [0.3, 0.4) is 0 Å². The van der Waals surface area contributed by atoms with Crippen LogP contribution in [0.15, 0.2) is 36.7 Å². The number of amides is 1. The molecule has 122 valence electrons. The van der Waals surface area contributed by atoms with Gasteiger partial charge in [0, 0.05) is 26.0 Å². The van der Waals surface area contributed by atoms with E-state index in [2.05, 4.69) is 36.2 Å². The molecule has 0 radical (unpaired) electrons. The van der Waals surface area contributed by atoms with E-state index in [9.17, 15) is 4.79 Å². The Balaban J connectivity index is 1.59. The van der Waals surface area contributed by atoms with E-state index in [1.807, 2.05) is 22.7 Å². The van der Waals surface area contributed by atoms with Crippen molar-refractivity contribution >= 4 is 5.91 Å². The Morgan fingerprint density at radius 1 is 1.43 bits per heavy atom. The van der Waals surface area contributed by atoms with E-state index in [-0.39, 0.29) is 18.6 Å². The average molecular weight is 313 g/mol. The highest BCUT2D eigenvalue weighted by Gasteiger charge is 2.29. The number of rotatable bonds is 5. The van der Waals surface area contributed by atoms with Crippen LogP contribution >= 0.6 is 0 Å². The highest BCUT2D eigenvalue weighted by atomic mass is 16.5. The number of aryl methyl sites for hydroxylation is 2. The lowest BCUT2D eigenvalue weighted by atomic mass is 10.0. The minimum atomic E-state index is 0.0585. The highest BCUT2D eigenvalue weighted by molar-refractivity contribution is 5.78. The van der Waals surface area contributed by atoms with Crippen molar-refractivity contribution in [2.45, 2.75) is 32.4 Å². The zero-order valence-electron chi connectivity index (χ0n) is 13.7. The number of likely N-dealkylation sites (tertiary alicyclic amines) is 1. The Morgan fingerprint density at radius 2 is 2.30 bits per heavy atom. The molecule has 5 heteroatoms. The molecule has 0 aliphatic carbocycles. The second-order valence-corrected chi connectivity index (χ2v) is 6.11. The maximum absolute atomic E-state index is 12.5. The number of hydrogen-bond donors (Lipinski definition) is 0. The molecule has 1 saturated heterocycles.